The number of hydrogen-bond donors (Lipinski definition) is 0. The van der Waals surface area contributed by atoms with E-state index in [0.717, 1.165) is 12.2 Å². The van der Waals surface area contributed by atoms with E-state index in [4.69, 9.17) is 0 Å². The Morgan fingerprint density at radius 1 is 1.78 bits per heavy atom. The Bertz CT molecular complexity index is 160. The van der Waals surface area contributed by atoms with Gasteiger partial charge in [0, 0.05) is 13.6 Å². The van der Waals surface area contributed by atoms with Gasteiger partial charge < -0.3 is 9.42 Å². The highest BCUT2D eigenvalue weighted by Gasteiger charge is 1.97. The molecule has 0 aromatic carbocycles. The first kappa shape index (κ1) is 6.13. The summed E-state index contributed by atoms with van der Waals surface area (Å²) in [6.45, 7) is 3.05. The minimum absolute atomic E-state index is 0.973. The lowest BCUT2D eigenvalue weighted by molar-refractivity contribution is 0.420. The number of nitrogens with zero attached hydrogens (tertiary/aromatic N) is 2. The standard InChI is InChI=1S/C6H10N2O/c1-3-8(2)6-4-7-9-5-6/h4-5H,3H2,1-2H3. The monoisotopic (exact) mass is 126 g/mol. The summed E-state index contributed by atoms with van der Waals surface area (Å²) in [6.07, 6.45) is 3.33. The van der Waals surface area contributed by atoms with Gasteiger partial charge in [-0.15, -0.1) is 0 Å². The van der Waals surface area contributed by atoms with E-state index in [2.05, 4.69) is 21.5 Å². The van der Waals surface area contributed by atoms with Gasteiger partial charge >= 0.3 is 0 Å². The fourth-order valence-electron chi connectivity index (χ4n) is 0.570. The van der Waals surface area contributed by atoms with Crippen LogP contribution in [-0.2, 0) is 0 Å². The van der Waals surface area contributed by atoms with Crippen LogP contribution in [0, 0.1) is 0 Å². The zero-order chi connectivity index (χ0) is 6.69. The summed E-state index contributed by atoms with van der Waals surface area (Å²) >= 11 is 0. The molecule has 1 aromatic heterocycles. The maximum atomic E-state index is 4.65. The molecular formula is C6H10N2O. The van der Waals surface area contributed by atoms with Crippen molar-refractivity contribution in [1.29, 1.82) is 0 Å². The topological polar surface area (TPSA) is 29.3 Å². The Morgan fingerprint density at radius 2 is 2.56 bits per heavy atom. The molecule has 1 aromatic rings. The zero-order valence-corrected chi connectivity index (χ0v) is 5.66. The van der Waals surface area contributed by atoms with Gasteiger partial charge in [0.05, 0.1) is 11.9 Å². The Morgan fingerprint density at radius 3 is 3.00 bits per heavy atom. The molecule has 0 aliphatic carbocycles. The molecule has 9 heavy (non-hydrogen) atoms. The van der Waals surface area contributed by atoms with E-state index in [0.29, 0.717) is 0 Å². The SMILES string of the molecule is CCN(C)c1cnoc1. The Kier molecular flexibility index (Phi) is 1.72. The maximum absolute atomic E-state index is 4.65. The molecule has 0 saturated heterocycles. The molecule has 1 heterocycles. The number of hydrogen-bond acceptors (Lipinski definition) is 3. The van der Waals surface area contributed by atoms with E-state index >= 15 is 0 Å². The molecule has 0 radical (unpaired) electrons. The average Bonchev–Trinajstić information content (AvgIpc) is 2.37. The summed E-state index contributed by atoms with van der Waals surface area (Å²) in [6, 6.07) is 0. The minimum Gasteiger partial charge on any atom is -0.371 e. The first-order chi connectivity index (χ1) is 4.34. The number of rotatable bonds is 2. The van der Waals surface area contributed by atoms with Crippen molar-refractivity contribution in [3.8, 4) is 0 Å². The minimum atomic E-state index is 0.973. The average molecular weight is 126 g/mol. The van der Waals surface area contributed by atoms with Crippen molar-refractivity contribution >= 4 is 5.69 Å². The Labute approximate surface area is 54.3 Å². The van der Waals surface area contributed by atoms with Crippen LogP contribution in [0.4, 0.5) is 5.69 Å². The lowest BCUT2D eigenvalue weighted by Gasteiger charge is -2.11. The van der Waals surface area contributed by atoms with Gasteiger partial charge in [0.1, 0.15) is 6.26 Å². The number of anilines is 1. The molecule has 0 aliphatic rings. The smallest absolute Gasteiger partial charge is 0.147 e. The predicted octanol–water partition coefficient (Wildman–Crippen LogP) is 1.13. The normalized spacial score (nSPS) is 9.56. The van der Waals surface area contributed by atoms with Gasteiger partial charge in [-0.2, -0.15) is 0 Å². The molecule has 0 spiro atoms. The molecule has 0 bridgehead atoms. The van der Waals surface area contributed by atoms with E-state index in [1.807, 2.05) is 7.05 Å². The van der Waals surface area contributed by atoms with Crippen molar-refractivity contribution in [2.75, 3.05) is 18.5 Å². The van der Waals surface area contributed by atoms with Gasteiger partial charge in [-0.3, -0.25) is 0 Å². The molecule has 0 unspecified atom stereocenters. The quantitative estimate of drug-likeness (QED) is 0.594. The molecule has 0 N–H and O–H groups in total. The van der Waals surface area contributed by atoms with Gasteiger partial charge in [-0.1, -0.05) is 5.16 Å². The summed E-state index contributed by atoms with van der Waals surface area (Å²) in [7, 11) is 1.99. The third-order valence-electron chi connectivity index (χ3n) is 1.33. The molecule has 0 saturated carbocycles. The fourth-order valence-corrected chi connectivity index (χ4v) is 0.570. The van der Waals surface area contributed by atoms with Gasteiger partial charge in [0.25, 0.3) is 0 Å². The molecular weight excluding hydrogens is 116 g/mol. The molecule has 3 heteroatoms. The second kappa shape index (κ2) is 2.53. The lowest BCUT2D eigenvalue weighted by Crippen LogP contribution is -2.14. The van der Waals surface area contributed by atoms with Crippen LogP contribution in [0.3, 0.4) is 0 Å². The van der Waals surface area contributed by atoms with Crippen LogP contribution < -0.4 is 4.90 Å². The third-order valence-corrected chi connectivity index (χ3v) is 1.33. The molecule has 0 amide bonds. The van der Waals surface area contributed by atoms with Crippen LogP contribution in [0.2, 0.25) is 0 Å². The van der Waals surface area contributed by atoms with Crippen molar-refractivity contribution in [3.63, 3.8) is 0 Å². The Hall–Kier alpha value is -0.990. The lowest BCUT2D eigenvalue weighted by atomic mass is 10.5. The van der Waals surface area contributed by atoms with E-state index in [-0.39, 0.29) is 0 Å². The van der Waals surface area contributed by atoms with E-state index in [1.165, 1.54) is 0 Å². The summed E-state index contributed by atoms with van der Waals surface area (Å²) in [4.78, 5) is 2.05. The van der Waals surface area contributed by atoms with Crippen molar-refractivity contribution < 1.29 is 4.52 Å². The van der Waals surface area contributed by atoms with Crippen LogP contribution in [0.15, 0.2) is 17.0 Å². The largest absolute Gasteiger partial charge is 0.371 e. The van der Waals surface area contributed by atoms with Gasteiger partial charge in [-0.05, 0) is 6.92 Å². The van der Waals surface area contributed by atoms with Crippen molar-refractivity contribution in [3.05, 3.63) is 12.5 Å². The zero-order valence-electron chi connectivity index (χ0n) is 5.66. The van der Waals surface area contributed by atoms with Crippen molar-refractivity contribution in [2.45, 2.75) is 6.92 Å². The second-order valence-corrected chi connectivity index (χ2v) is 1.90. The highest BCUT2D eigenvalue weighted by molar-refractivity contribution is 5.38. The third kappa shape index (κ3) is 1.22. The van der Waals surface area contributed by atoms with E-state index < -0.39 is 0 Å². The van der Waals surface area contributed by atoms with Crippen LogP contribution in [0.25, 0.3) is 0 Å². The van der Waals surface area contributed by atoms with Crippen LogP contribution in [-0.4, -0.2) is 18.7 Å². The molecule has 3 nitrogen and oxygen atoms in total. The molecule has 0 atom stereocenters. The Balaban J connectivity index is 2.65. The highest BCUT2D eigenvalue weighted by Crippen LogP contribution is 2.08. The molecule has 0 aliphatic heterocycles. The highest BCUT2D eigenvalue weighted by atomic mass is 16.5. The predicted molar refractivity (Wildman–Crippen MR) is 35.4 cm³/mol. The van der Waals surface area contributed by atoms with E-state index in [1.54, 1.807) is 12.5 Å². The number of aromatic nitrogens is 1. The summed E-state index contributed by atoms with van der Waals surface area (Å²) < 4.78 is 4.65. The first-order valence-electron chi connectivity index (χ1n) is 2.95. The molecule has 0 fully saturated rings. The van der Waals surface area contributed by atoms with Gasteiger partial charge in [0.2, 0.25) is 0 Å². The maximum Gasteiger partial charge on any atom is 0.147 e. The molecule has 50 valence electrons. The van der Waals surface area contributed by atoms with Crippen LogP contribution >= 0.6 is 0 Å². The fraction of sp³-hybridized carbons (Fsp3) is 0.500. The van der Waals surface area contributed by atoms with E-state index in [9.17, 15) is 0 Å². The summed E-state index contributed by atoms with van der Waals surface area (Å²) in [5, 5.41) is 3.57. The molecule has 1 rings (SSSR count). The van der Waals surface area contributed by atoms with Gasteiger partial charge in [-0.25, -0.2) is 0 Å². The van der Waals surface area contributed by atoms with Crippen molar-refractivity contribution in [1.82, 2.24) is 5.16 Å². The van der Waals surface area contributed by atoms with Crippen LogP contribution in [0.1, 0.15) is 6.92 Å². The first-order valence-corrected chi connectivity index (χ1v) is 2.95. The summed E-state index contributed by atoms with van der Waals surface area (Å²) in [5.74, 6) is 0. The summed E-state index contributed by atoms with van der Waals surface area (Å²) in [5.41, 5.74) is 1.03. The second-order valence-electron chi connectivity index (χ2n) is 1.90. The van der Waals surface area contributed by atoms with Crippen molar-refractivity contribution in [2.24, 2.45) is 0 Å². The van der Waals surface area contributed by atoms with Gasteiger partial charge in [0.15, 0.2) is 0 Å². The van der Waals surface area contributed by atoms with Crippen LogP contribution in [0.5, 0.6) is 0 Å².